The zero-order chi connectivity index (χ0) is 11.5. The highest BCUT2D eigenvalue weighted by Gasteiger charge is 2.20. The van der Waals surface area contributed by atoms with E-state index in [1.807, 2.05) is 6.20 Å². The summed E-state index contributed by atoms with van der Waals surface area (Å²) in [4.78, 5) is 4.42. The van der Waals surface area contributed by atoms with E-state index >= 15 is 0 Å². The van der Waals surface area contributed by atoms with Gasteiger partial charge in [-0.15, -0.1) is 0 Å². The first-order valence-corrected chi connectivity index (χ1v) is 6.82. The highest BCUT2D eigenvalue weighted by molar-refractivity contribution is 5.27. The van der Waals surface area contributed by atoms with Crippen molar-refractivity contribution in [1.29, 1.82) is 0 Å². The van der Waals surface area contributed by atoms with Crippen LogP contribution in [0.3, 0.4) is 0 Å². The lowest BCUT2D eigenvalue weighted by atomic mass is 10.2. The molecule has 1 aliphatic heterocycles. The third-order valence-electron chi connectivity index (χ3n) is 3.90. The smallest absolute Gasteiger partial charge is 0.203 e. The number of rotatable bonds is 4. The minimum Gasteiger partial charge on any atom is -0.376 e. The van der Waals surface area contributed by atoms with Crippen molar-refractivity contribution in [2.75, 3.05) is 18.5 Å². The van der Waals surface area contributed by atoms with Crippen LogP contribution in [0.1, 0.15) is 44.6 Å². The van der Waals surface area contributed by atoms with E-state index in [9.17, 15) is 0 Å². The second-order valence-electron chi connectivity index (χ2n) is 5.11. The number of anilines is 1. The maximum absolute atomic E-state index is 5.62. The molecule has 4 heteroatoms. The van der Waals surface area contributed by atoms with E-state index in [2.05, 4.69) is 21.1 Å². The Morgan fingerprint density at radius 1 is 1.29 bits per heavy atom. The molecule has 3 rings (SSSR count). The van der Waals surface area contributed by atoms with Crippen LogP contribution in [-0.4, -0.2) is 28.8 Å². The van der Waals surface area contributed by atoms with Crippen molar-refractivity contribution in [1.82, 2.24) is 9.55 Å². The highest BCUT2D eigenvalue weighted by Crippen LogP contribution is 2.31. The van der Waals surface area contributed by atoms with Crippen LogP contribution in [0.25, 0.3) is 0 Å². The number of nitrogens with one attached hydrogen (secondary N) is 1. The second kappa shape index (κ2) is 5.08. The molecule has 1 saturated heterocycles. The predicted molar refractivity (Wildman–Crippen MR) is 67.2 cm³/mol. The van der Waals surface area contributed by atoms with Gasteiger partial charge in [-0.05, 0) is 25.7 Å². The Bertz CT molecular complexity index is 351. The number of hydrogen-bond donors (Lipinski definition) is 1. The molecular formula is C13H21N3O. The Morgan fingerprint density at radius 3 is 2.94 bits per heavy atom. The van der Waals surface area contributed by atoms with Crippen LogP contribution < -0.4 is 5.32 Å². The quantitative estimate of drug-likeness (QED) is 0.872. The summed E-state index contributed by atoms with van der Waals surface area (Å²) in [7, 11) is 0. The maximum Gasteiger partial charge on any atom is 0.203 e. The van der Waals surface area contributed by atoms with Gasteiger partial charge in [0.25, 0.3) is 0 Å². The summed E-state index contributed by atoms with van der Waals surface area (Å²) in [6.45, 7) is 1.81. The molecular weight excluding hydrogens is 214 g/mol. The summed E-state index contributed by atoms with van der Waals surface area (Å²) in [6, 6.07) is 0.657. The normalized spacial score (nSPS) is 25.5. The Balaban J connectivity index is 1.60. The summed E-state index contributed by atoms with van der Waals surface area (Å²) in [5.74, 6) is 1.02. The summed E-state index contributed by atoms with van der Waals surface area (Å²) in [5.41, 5.74) is 0. The van der Waals surface area contributed by atoms with E-state index in [-0.39, 0.29) is 0 Å². The average Bonchev–Trinajstić information content (AvgIpc) is 3.09. The van der Waals surface area contributed by atoms with E-state index in [0.29, 0.717) is 12.1 Å². The summed E-state index contributed by atoms with van der Waals surface area (Å²) in [6.07, 6.45) is 12.1. The van der Waals surface area contributed by atoms with Gasteiger partial charge in [-0.25, -0.2) is 4.98 Å². The molecule has 2 heterocycles. The summed E-state index contributed by atoms with van der Waals surface area (Å²) in [5, 5.41) is 3.44. The minimum atomic E-state index is 0.378. The Labute approximate surface area is 102 Å². The first-order chi connectivity index (χ1) is 8.43. The van der Waals surface area contributed by atoms with E-state index in [1.165, 1.54) is 38.5 Å². The van der Waals surface area contributed by atoms with Crippen molar-refractivity contribution in [2.24, 2.45) is 0 Å². The summed E-state index contributed by atoms with van der Waals surface area (Å²) < 4.78 is 7.92. The maximum atomic E-state index is 5.62. The largest absolute Gasteiger partial charge is 0.376 e. The number of nitrogens with zero attached hydrogens (tertiary/aromatic N) is 2. The first kappa shape index (κ1) is 11.1. The lowest BCUT2D eigenvalue weighted by Crippen LogP contribution is -2.21. The SMILES string of the molecule is c1cn(C2CCCC2)c(NCC2CCCO2)n1. The fourth-order valence-electron chi connectivity index (χ4n) is 2.94. The lowest BCUT2D eigenvalue weighted by Gasteiger charge is -2.17. The third kappa shape index (κ3) is 2.46. The van der Waals surface area contributed by atoms with Crippen molar-refractivity contribution >= 4 is 5.95 Å². The molecule has 1 aliphatic carbocycles. The van der Waals surface area contributed by atoms with Crippen LogP contribution in [0, 0.1) is 0 Å². The molecule has 94 valence electrons. The van der Waals surface area contributed by atoms with Gasteiger partial charge in [-0.2, -0.15) is 0 Å². The van der Waals surface area contributed by atoms with Crippen molar-refractivity contribution in [3.05, 3.63) is 12.4 Å². The molecule has 1 atom stereocenters. The van der Waals surface area contributed by atoms with Gasteiger partial charge in [0.2, 0.25) is 5.95 Å². The van der Waals surface area contributed by atoms with E-state index < -0.39 is 0 Å². The monoisotopic (exact) mass is 235 g/mol. The first-order valence-electron chi connectivity index (χ1n) is 6.82. The van der Waals surface area contributed by atoms with Gasteiger partial charge < -0.3 is 14.6 Å². The molecule has 0 spiro atoms. The fourth-order valence-corrected chi connectivity index (χ4v) is 2.94. The van der Waals surface area contributed by atoms with E-state index in [0.717, 1.165) is 19.1 Å². The van der Waals surface area contributed by atoms with Crippen molar-refractivity contribution in [3.8, 4) is 0 Å². The van der Waals surface area contributed by atoms with Crippen LogP contribution in [0.5, 0.6) is 0 Å². The van der Waals surface area contributed by atoms with Gasteiger partial charge in [0, 0.05) is 31.6 Å². The van der Waals surface area contributed by atoms with Crippen LogP contribution in [0.4, 0.5) is 5.95 Å². The van der Waals surface area contributed by atoms with Crippen molar-refractivity contribution < 1.29 is 4.74 Å². The zero-order valence-corrected chi connectivity index (χ0v) is 10.3. The topological polar surface area (TPSA) is 39.1 Å². The van der Waals surface area contributed by atoms with Crippen molar-refractivity contribution in [2.45, 2.75) is 50.7 Å². The third-order valence-corrected chi connectivity index (χ3v) is 3.90. The molecule has 4 nitrogen and oxygen atoms in total. The molecule has 0 radical (unpaired) electrons. The molecule has 1 saturated carbocycles. The van der Waals surface area contributed by atoms with Gasteiger partial charge in [0.15, 0.2) is 0 Å². The standard InChI is InChI=1S/C13H21N3O/c1-2-5-11(4-1)16-8-7-14-13(16)15-10-12-6-3-9-17-12/h7-8,11-12H,1-6,9-10H2,(H,14,15). The number of imidazole rings is 1. The van der Waals surface area contributed by atoms with Gasteiger partial charge >= 0.3 is 0 Å². The number of aromatic nitrogens is 2. The van der Waals surface area contributed by atoms with Gasteiger partial charge in [0.1, 0.15) is 0 Å². The predicted octanol–water partition coefficient (Wildman–Crippen LogP) is 2.59. The molecule has 0 aromatic carbocycles. The molecule has 1 aromatic heterocycles. The molecule has 2 fully saturated rings. The second-order valence-corrected chi connectivity index (χ2v) is 5.11. The van der Waals surface area contributed by atoms with Gasteiger partial charge in [-0.1, -0.05) is 12.8 Å². The molecule has 0 amide bonds. The highest BCUT2D eigenvalue weighted by atomic mass is 16.5. The molecule has 2 aliphatic rings. The van der Waals surface area contributed by atoms with Gasteiger partial charge in [-0.3, -0.25) is 0 Å². The molecule has 1 aromatic rings. The van der Waals surface area contributed by atoms with E-state index in [1.54, 1.807) is 0 Å². The molecule has 17 heavy (non-hydrogen) atoms. The number of hydrogen-bond acceptors (Lipinski definition) is 3. The van der Waals surface area contributed by atoms with Crippen LogP contribution in [0.2, 0.25) is 0 Å². The summed E-state index contributed by atoms with van der Waals surface area (Å²) >= 11 is 0. The Morgan fingerprint density at radius 2 is 2.18 bits per heavy atom. The number of ether oxygens (including phenoxy) is 1. The average molecular weight is 235 g/mol. The minimum absolute atomic E-state index is 0.378. The van der Waals surface area contributed by atoms with Crippen LogP contribution in [-0.2, 0) is 4.74 Å². The lowest BCUT2D eigenvalue weighted by molar-refractivity contribution is 0.120. The van der Waals surface area contributed by atoms with Crippen LogP contribution >= 0.6 is 0 Å². The molecule has 0 bridgehead atoms. The van der Waals surface area contributed by atoms with Crippen LogP contribution in [0.15, 0.2) is 12.4 Å². The van der Waals surface area contributed by atoms with Gasteiger partial charge in [0.05, 0.1) is 6.10 Å². The molecule has 1 N–H and O–H groups in total. The van der Waals surface area contributed by atoms with E-state index in [4.69, 9.17) is 4.74 Å². The zero-order valence-electron chi connectivity index (χ0n) is 10.3. The Kier molecular flexibility index (Phi) is 3.31. The van der Waals surface area contributed by atoms with Crippen molar-refractivity contribution in [3.63, 3.8) is 0 Å². The Hall–Kier alpha value is -1.03. The molecule has 1 unspecified atom stereocenters. The fraction of sp³-hybridized carbons (Fsp3) is 0.769.